The first-order chi connectivity index (χ1) is 15.7. The third-order valence-corrected chi connectivity index (χ3v) is 5.98. The van der Waals surface area contributed by atoms with Crippen molar-refractivity contribution in [2.75, 3.05) is 13.2 Å². The van der Waals surface area contributed by atoms with Gasteiger partial charge in [-0.3, -0.25) is 14.2 Å². The minimum Gasteiger partial charge on any atom is -0.494 e. The van der Waals surface area contributed by atoms with Gasteiger partial charge in [0.1, 0.15) is 17.1 Å². The van der Waals surface area contributed by atoms with E-state index in [1.165, 1.54) is 22.2 Å². The van der Waals surface area contributed by atoms with Crippen LogP contribution in [-0.2, 0) is 17.8 Å². The van der Waals surface area contributed by atoms with Crippen molar-refractivity contribution < 1.29 is 9.53 Å². The smallest absolute Gasteiger partial charge is 0.263 e. The molecule has 0 spiro atoms. The predicted octanol–water partition coefficient (Wildman–Crippen LogP) is 4.27. The number of thiophene rings is 1. The molecule has 0 saturated heterocycles. The molecule has 0 bridgehead atoms. The van der Waals surface area contributed by atoms with E-state index < -0.39 is 0 Å². The first kappa shape index (κ1) is 21.8. The summed E-state index contributed by atoms with van der Waals surface area (Å²) in [6.45, 7) is 3.19. The van der Waals surface area contributed by atoms with E-state index in [9.17, 15) is 9.59 Å². The molecular formula is C25H25N3O3S. The molecule has 2 aromatic carbocycles. The molecule has 4 rings (SSSR count). The van der Waals surface area contributed by atoms with Crippen molar-refractivity contribution in [3.8, 4) is 16.9 Å². The molecule has 1 N–H and O–H groups in total. The van der Waals surface area contributed by atoms with Gasteiger partial charge in [0.25, 0.3) is 5.56 Å². The molecule has 2 aromatic heterocycles. The largest absolute Gasteiger partial charge is 0.494 e. The van der Waals surface area contributed by atoms with Gasteiger partial charge in [0, 0.05) is 17.5 Å². The lowest BCUT2D eigenvalue weighted by Gasteiger charge is -2.08. The molecule has 1 amide bonds. The number of carbonyl (C=O) groups excluding carboxylic acids is 1. The average molecular weight is 448 g/mol. The summed E-state index contributed by atoms with van der Waals surface area (Å²) in [5.41, 5.74) is 2.69. The molecule has 0 radical (unpaired) electrons. The predicted molar refractivity (Wildman–Crippen MR) is 128 cm³/mol. The van der Waals surface area contributed by atoms with Crippen molar-refractivity contribution in [3.05, 3.63) is 82.2 Å². The number of ether oxygens (including phenoxy) is 1. The van der Waals surface area contributed by atoms with Crippen LogP contribution < -0.4 is 15.6 Å². The minimum absolute atomic E-state index is 0.0599. The van der Waals surface area contributed by atoms with Crippen molar-refractivity contribution in [1.82, 2.24) is 14.9 Å². The van der Waals surface area contributed by atoms with Crippen LogP contribution >= 0.6 is 11.3 Å². The Kier molecular flexibility index (Phi) is 6.97. The van der Waals surface area contributed by atoms with E-state index in [4.69, 9.17) is 4.74 Å². The summed E-state index contributed by atoms with van der Waals surface area (Å²) in [5, 5.41) is 5.35. The van der Waals surface area contributed by atoms with Gasteiger partial charge in [0.2, 0.25) is 5.91 Å². The fourth-order valence-electron chi connectivity index (χ4n) is 3.44. The van der Waals surface area contributed by atoms with Crippen LogP contribution in [0.25, 0.3) is 21.3 Å². The Morgan fingerprint density at radius 2 is 1.91 bits per heavy atom. The number of hydrogen-bond acceptors (Lipinski definition) is 5. The summed E-state index contributed by atoms with van der Waals surface area (Å²) >= 11 is 1.42. The van der Waals surface area contributed by atoms with E-state index in [1.54, 1.807) is 0 Å². The Hall–Kier alpha value is -3.45. The second kappa shape index (κ2) is 10.2. The maximum Gasteiger partial charge on any atom is 0.263 e. The first-order valence-corrected chi connectivity index (χ1v) is 11.5. The highest BCUT2D eigenvalue weighted by Crippen LogP contribution is 2.31. The van der Waals surface area contributed by atoms with Crippen molar-refractivity contribution >= 4 is 27.5 Å². The number of carbonyl (C=O) groups is 1. The Morgan fingerprint density at radius 3 is 2.66 bits per heavy atom. The third-order valence-electron chi connectivity index (χ3n) is 5.09. The minimum atomic E-state index is -0.212. The summed E-state index contributed by atoms with van der Waals surface area (Å²) in [6, 6.07) is 17.7. The molecule has 0 unspecified atom stereocenters. The van der Waals surface area contributed by atoms with Crippen molar-refractivity contribution in [3.63, 3.8) is 0 Å². The monoisotopic (exact) mass is 447 g/mol. The van der Waals surface area contributed by atoms with E-state index in [0.29, 0.717) is 23.4 Å². The normalized spacial score (nSPS) is 10.9. The fourth-order valence-corrected chi connectivity index (χ4v) is 4.35. The van der Waals surface area contributed by atoms with Gasteiger partial charge in [-0.15, -0.1) is 11.3 Å². The molecule has 0 fully saturated rings. The molecule has 0 aliphatic heterocycles. The SMILES string of the molecule is CCCOc1ccc(-c2csc3ncn(CC(=O)NCCc4ccccc4)c(=O)c23)cc1. The fraction of sp³-hybridized carbons (Fsp3) is 0.240. The van der Waals surface area contributed by atoms with Gasteiger partial charge < -0.3 is 10.1 Å². The lowest BCUT2D eigenvalue weighted by atomic mass is 10.1. The van der Waals surface area contributed by atoms with Gasteiger partial charge in [-0.1, -0.05) is 49.4 Å². The molecule has 6 nitrogen and oxygen atoms in total. The van der Waals surface area contributed by atoms with Gasteiger partial charge in [-0.2, -0.15) is 0 Å². The van der Waals surface area contributed by atoms with Gasteiger partial charge in [-0.25, -0.2) is 4.98 Å². The van der Waals surface area contributed by atoms with Crippen molar-refractivity contribution in [2.24, 2.45) is 0 Å². The maximum absolute atomic E-state index is 13.1. The van der Waals surface area contributed by atoms with Gasteiger partial charge in [0.05, 0.1) is 18.3 Å². The average Bonchev–Trinajstić information content (AvgIpc) is 3.25. The molecular weight excluding hydrogens is 422 g/mol. The molecule has 0 aliphatic rings. The summed E-state index contributed by atoms with van der Waals surface area (Å²) in [7, 11) is 0. The zero-order chi connectivity index (χ0) is 22.3. The van der Waals surface area contributed by atoms with Crippen LogP contribution in [0.2, 0.25) is 0 Å². The van der Waals surface area contributed by atoms with E-state index in [1.807, 2.05) is 60.0 Å². The van der Waals surface area contributed by atoms with Crippen molar-refractivity contribution in [1.29, 1.82) is 0 Å². The molecule has 4 aromatic rings. The molecule has 0 saturated carbocycles. The van der Waals surface area contributed by atoms with Gasteiger partial charge >= 0.3 is 0 Å². The number of aromatic nitrogens is 2. The summed E-state index contributed by atoms with van der Waals surface area (Å²) in [4.78, 5) is 30.6. The van der Waals surface area contributed by atoms with E-state index in [-0.39, 0.29) is 18.0 Å². The van der Waals surface area contributed by atoms with E-state index in [0.717, 1.165) is 35.3 Å². The number of amides is 1. The van der Waals surface area contributed by atoms with Crippen molar-refractivity contribution in [2.45, 2.75) is 26.3 Å². The van der Waals surface area contributed by atoms with Crippen LogP contribution in [-0.4, -0.2) is 28.6 Å². The highest BCUT2D eigenvalue weighted by Gasteiger charge is 2.15. The van der Waals surface area contributed by atoms with Gasteiger partial charge in [-0.05, 0) is 36.1 Å². The summed E-state index contributed by atoms with van der Waals surface area (Å²) < 4.78 is 7.01. The molecule has 164 valence electrons. The number of nitrogens with one attached hydrogen (secondary N) is 1. The number of hydrogen-bond donors (Lipinski definition) is 1. The summed E-state index contributed by atoms with van der Waals surface area (Å²) in [5.74, 6) is 0.594. The van der Waals surface area contributed by atoms with Crippen LogP contribution in [0.1, 0.15) is 18.9 Å². The standard InChI is InChI=1S/C25H25N3O3S/c1-2-14-31-20-10-8-19(9-11-20)21-16-32-24-23(21)25(30)28(17-27-24)15-22(29)26-13-12-18-6-4-3-5-7-18/h3-11,16-17H,2,12-15H2,1H3,(H,26,29). The quantitative estimate of drug-likeness (QED) is 0.416. The zero-order valence-electron chi connectivity index (χ0n) is 17.9. The van der Waals surface area contributed by atoms with E-state index in [2.05, 4.69) is 17.2 Å². The third kappa shape index (κ3) is 5.06. The highest BCUT2D eigenvalue weighted by molar-refractivity contribution is 7.17. The molecule has 32 heavy (non-hydrogen) atoms. The number of rotatable bonds is 9. The second-order valence-electron chi connectivity index (χ2n) is 7.47. The van der Waals surface area contributed by atoms with Gasteiger partial charge in [0.15, 0.2) is 0 Å². The Labute approximate surface area is 190 Å². The highest BCUT2D eigenvalue weighted by atomic mass is 32.1. The Balaban J connectivity index is 1.48. The Bertz CT molecular complexity index is 1250. The van der Waals surface area contributed by atoms with Crippen LogP contribution in [0.4, 0.5) is 0 Å². The lowest BCUT2D eigenvalue weighted by Crippen LogP contribution is -2.33. The second-order valence-corrected chi connectivity index (χ2v) is 8.32. The number of fused-ring (bicyclic) bond motifs is 1. The number of nitrogens with zero attached hydrogens (tertiary/aromatic N) is 2. The zero-order valence-corrected chi connectivity index (χ0v) is 18.7. The molecule has 0 aliphatic carbocycles. The number of benzene rings is 2. The van der Waals surface area contributed by atoms with Crippen LogP contribution in [0.5, 0.6) is 5.75 Å². The Morgan fingerprint density at radius 1 is 1.12 bits per heavy atom. The molecule has 2 heterocycles. The van der Waals surface area contributed by atoms with Crippen LogP contribution in [0.3, 0.4) is 0 Å². The lowest BCUT2D eigenvalue weighted by molar-refractivity contribution is -0.121. The first-order valence-electron chi connectivity index (χ1n) is 10.7. The molecule has 7 heteroatoms. The van der Waals surface area contributed by atoms with Crippen LogP contribution in [0.15, 0.2) is 71.1 Å². The van der Waals surface area contributed by atoms with E-state index >= 15 is 0 Å². The summed E-state index contributed by atoms with van der Waals surface area (Å²) in [6.07, 6.45) is 3.14. The van der Waals surface area contributed by atoms with Crippen LogP contribution in [0, 0.1) is 0 Å². The topological polar surface area (TPSA) is 73.2 Å². The molecule has 0 atom stereocenters. The maximum atomic E-state index is 13.1.